The van der Waals surface area contributed by atoms with Crippen molar-refractivity contribution in [2.45, 2.75) is 45.3 Å². The molecule has 126 valence electrons. The van der Waals surface area contributed by atoms with E-state index >= 15 is 0 Å². The molecule has 0 unspecified atom stereocenters. The molecule has 0 saturated heterocycles. The second-order valence-corrected chi connectivity index (χ2v) is 6.66. The molecule has 1 aromatic carbocycles. The minimum atomic E-state index is 0.378. The Bertz CT molecular complexity index is 750. The number of hydrogen-bond acceptors (Lipinski definition) is 3. The fraction of sp³-hybridized carbons (Fsp3) is 0.350. The van der Waals surface area contributed by atoms with Crippen LogP contribution in [0.3, 0.4) is 0 Å². The van der Waals surface area contributed by atoms with Crippen molar-refractivity contribution in [1.29, 1.82) is 0 Å². The van der Waals surface area contributed by atoms with Crippen LogP contribution in [0, 0.1) is 6.92 Å². The number of hydrogen-bond donors (Lipinski definition) is 0. The normalized spacial score (nSPS) is 21.1. The highest BCUT2D eigenvalue weighted by atomic mass is 35.5. The zero-order valence-electron chi connectivity index (χ0n) is 14.2. The van der Waals surface area contributed by atoms with Crippen molar-refractivity contribution in [3.05, 3.63) is 65.5 Å². The maximum atomic E-state index is 6.27. The third kappa shape index (κ3) is 3.47. The summed E-state index contributed by atoms with van der Waals surface area (Å²) >= 11 is 6.27. The number of nitrogens with zero attached hydrogens (tertiary/aromatic N) is 2. The molecule has 1 aliphatic rings. The van der Waals surface area contributed by atoms with Crippen LogP contribution >= 0.6 is 11.6 Å². The van der Waals surface area contributed by atoms with Crippen LogP contribution < -0.4 is 0 Å². The van der Waals surface area contributed by atoms with Crippen LogP contribution in [0.1, 0.15) is 31.2 Å². The van der Waals surface area contributed by atoms with Gasteiger partial charge in [-0.3, -0.25) is 4.90 Å². The summed E-state index contributed by atoms with van der Waals surface area (Å²) in [4.78, 5) is 7.18. The average Bonchev–Trinajstić information content (AvgIpc) is 2.92. The van der Waals surface area contributed by atoms with Crippen molar-refractivity contribution in [3.8, 4) is 11.5 Å². The van der Waals surface area contributed by atoms with Crippen LogP contribution in [-0.2, 0) is 6.54 Å². The monoisotopic (exact) mass is 342 g/mol. The van der Waals surface area contributed by atoms with Crippen LogP contribution in [0.25, 0.3) is 11.5 Å². The summed E-state index contributed by atoms with van der Waals surface area (Å²) in [6, 6.07) is 8.48. The number of aromatic nitrogens is 1. The third-order valence-corrected chi connectivity index (χ3v) is 4.91. The zero-order valence-corrected chi connectivity index (χ0v) is 15.0. The Labute approximate surface area is 148 Å². The molecule has 0 amide bonds. The van der Waals surface area contributed by atoms with E-state index in [0.717, 1.165) is 36.4 Å². The molecule has 24 heavy (non-hydrogen) atoms. The predicted molar refractivity (Wildman–Crippen MR) is 99.1 cm³/mol. The van der Waals surface area contributed by atoms with Gasteiger partial charge in [-0.1, -0.05) is 42.0 Å². The molecule has 0 bridgehead atoms. The molecule has 4 heteroatoms. The number of halogens is 1. The van der Waals surface area contributed by atoms with Crippen molar-refractivity contribution in [2.24, 2.45) is 0 Å². The molecule has 1 aromatic heterocycles. The maximum Gasteiger partial charge on any atom is 0.228 e. The fourth-order valence-corrected chi connectivity index (χ4v) is 3.42. The van der Waals surface area contributed by atoms with Gasteiger partial charge in [-0.25, -0.2) is 4.98 Å². The van der Waals surface area contributed by atoms with E-state index in [1.165, 1.54) is 0 Å². The summed E-state index contributed by atoms with van der Waals surface area (Å²) in [6.07, 6.45) is 8.53. The van der Waals surface area contributed by atoms with Gasteiger partial charge >= 0.3 is 0 Å². The molecule has 0 aliphatic carbocycles. The SMILES string of the molecule is C=CC[C@@H]1CC=C[C@@H](C)N1Cc1nc(-c2ccccc2Cl)oc1C. The van der Waals surface area contributed by atoms with E-state index in [2.05, 4.69) is 30.6 Å². The highest BCUT2D eigenvalue weighted by Crippen LogP contribution is 2.30. The van der Waals surface area contributed by atoms with Crippen molar-refractivity contribution in [3.63, 3.8) is 0 Å². The first-order valence-corrected chi connectivity index (χ1v) is 8.72. The van der Waals surface area contributed by atoms with Crippen molar-refractivity contribution >= 4 is 11.6 Å². The van der Waals surface area contributed by atoms with Gasteiger partial charge in [0.15, 0.2) is 0 Å². The maximum absolute atomic E-state index is 6.27. The summed E-state index contributed by atoms with van der Waals surface area (Å²) in [5.74, 6) is 1.44. The van der Waals surface area contributed by atoms with E-state index < -0.39 is 0 Å². The highest BCUT2D eigenvalue weighted by molar-refractivity contribution is 6.33. The Morgan fingerprint density at radius 3 is 2.96 bits per heavy atom. The molecule has 0 saturated carbocycles. The van der Waals surface area contributed by atoms with E-state index in [9.17, 15) is 0 Å². The average molecular weight is 343 g/mol. The summed E-state index contributed by atoms with van der Waals surface area (Å²) < 4.78 is 5.89. The van der Waals surface area contributed by atoms with Gasteiger partial charge in [-0.15, -0.1) is 6.58 Å². The molecule has 0 spiro atoms. The van der Waals surface area contributed by atoms with Crippen molar-refractivity contribution in [2.75, 3.05) is 0 Å². The van der Waals surface area contributed by atoms with Crippen LogP contribution in [0.2, 0.25) is 5.02 Å². The van der Waals surface area contributed by atoms with Gasteiger partial charge in [0.2, 0.25) is 5.89 Å². The Kier molecular flexibility index (Phi) is 5.22. The van der Waals surface area contributed by atoms with E-state index in [1.807, 2.05) is 37.3 Å². The molecule has 2 aromatic rings. The largest absolute Gasteiger partial charge is 0.441 e. The second kappa shape index (κ2) is 7.37. The van der Waals surface area contributed by atoms with E-state index in [4.69, 9.17) is 21.0 Å². The van der Waals surface area contributed by atoms with Crippen LogP contribution in [0.15, 0.2) is 53.5 Å². The van der Waals surface area contributed by atoms with Gasteiger partial charge in [0.25, 0.3) is 0 Å². The first-order valence-electron chi connectivity index (χ1n) is 8.34. The Morgan fingerprint density at radius 1 is 1.42 bits per heavy atom. The lowest BCUT2D eigenvalue weighted by molar-refractivity contribution is 0.148. The molecular formula is C20H23ClN2O. The topological polar surface area (TPSA) is 29.3 Å². The minimum Gasteiger partial charge on any atom is -0.441 e. The standard InChI is InChI=1S/C20H23ClN2O/c1-4-8-16-10-7-9-14(2)23(16)13-19-15(3)24-20(22-19)17-11-5-6-12-18(17)21/h4-7,9,11-12,14,16H,1,8,10,13H2,2-3H3/t14-,16-/m1/s1. The lowest BCUT2D eigenvalue weighted by Gasteiger charge is -2.36. The van der Waals surface area contributed by atoms with Gasteiger partial charge in [0, 0.05) is 18.6 Å². The third-order valence-electron chi connectivity index (χ3n) is 4.58. The van der Waals surface area contributed by atoms with Crippen molar-refractivity contribution in [1.82, 2.24) is 9.88 Å². The first-order chi connectivity index (χ1) is 11.6. The van der Waals surface area contributed by atoms with Gasteiger partial charge in [0.05, 0.1) is 16.3 Å². The predicted octanol–water partition coefficient (Wildman–Crippen LogP) is 5.40. The quantitative estimate of drug-likeness (QED) is 0.681. The number of rotatable bonds is 5. The second-order valence-electron chi connectivity index (χ2n) is 6.26. The van der Waals surface area contributed by atoms with Crippen LogP contribution in [0.4, 0.5) is 0 Å². The number of oxazole rings is 1. The van der Waals surface area contributed by atoms with Crippen molar-refractivity contribution < 1.29 is 4.42 Å². The molecule has 3 rings (SSSR count). The Morgan fingerprint density at radius 2 is 2.21 bits per heavy atom. The molecular weight excluding hydrogens is 320 g/mol. The lowest BCUT2D eigenvalue weighted by Crippen LogP contribution is -2.42. The van der Waals surface area contributed by atoms with Crippen LogP contribution in [0.5, 0.6) is 0 Å². The summed E-state index contributed by atoms with van der Waals surface area (Å²) in [5.41, 5.74) is 1.81. The number of benzene rings is 1. The molecule has 0 fully saturated rings. The summed E-state index contributed by atoms with van der Waals surface area (Å²) in [6.45, 7) is 8.85. The fourth-order valence-electron chi connectivity index (χ4n) is 3.21. The Balaban J connectivity index is 1.86. The number of aryl methyl sites for hydroxylation is 1. The molecule has 0 radical (unpaired) electrons. The van der Waals surface area contributed by atoms with Gasteiger partial charge in [-0.05, 0) is 38.8 Å². The summed E-state index contributed by atoms with van der Waals surface area (Å²) in [7, 11) is 0. The summed E-state index contributed by atoms with van der Waals surface area (Å²) in [5, 5.41) is 0.657. The van der Waals surface area contributed by atoms with E-state index in [1.54, 1.807) is 0 Å². The molecule has 2 atom stereocenters. The molecule has 3 nitrogen and oxygen atoms in total. The van der Waals surface area contributed by atoms with E-state index in [-0.39, 0.29) is 0 Å². The lowest BCUT2D eigenvalue weighted by atomic mass is 10.00. The highest BCUT2D eigenvalue weighted by Gasteiger charge is 2.26. The first kappa shape index (κ1) is 17.0. The smallest absolute Gasteiger partial charge is 0.228 e. The Hall–Kier alpha value is -1.84. The van der Waals surface area contributed by atoms with Gasteiger partial charge in [0.1, 0.15) is 5.76 Å². The molecule has 1 aliphatic heterocycles. The molecule has 0 N–H and O–H groups in total. The van der Waals surface area contributed by atoms with Gasteiger partial charge < -0.3 is 4.42 Å². The van der Waals surface area contributed by atoms with E-state index in [0.29, 0.717) is 23.0 Å². The minimum absolute atomic E-state index is 0.378. The van der Waals surface area contributed by atoms with Crippen LogP contribution in [-0.4, -0.2) is 22.0 Å². The van der Waals surface area contributed by atoms with Gasteiger partial charge in [-0.2, -0.15) is 0 Å². The zero-order chi connectivity index (χ0) is 17.1. The molecule has 2 heterocycles.